The average molecular weight is 231 g/mol. The molecular weight excluding hydrogens is 210 g/mol. The molecule has 0 spiro atoms. The van der Waals surface area contributed by atoms with Crippen LogP contribution < -0.4 is 0 Å². The van der Waals surface area contributed by atoms with Gasteiger partial charge < -0.3 is 10.0 Å². The van der Waals surface area contributed by atoms with E-state index in [-0.39, 0.29) is 5.41 Å². The minimum absolute atomic E-state index is 0.240. The van der Waals surface area contributed by atoms with Crippen LogP contribution in [0.5, 0.6) is 5.75 Å². The van der Waals surface area contributed by atoms with Gasteiger partial charge in [-0.15, -0.1) is 0 Å². The number of likely N-dealkylation sites (tertiary alicyclic amines) is 1. The largest absolute Gasteiger partial charge is 0.508 e. The molecule has 0 saturated carbocycles. The lowest BCUT2D eigenvalue weighted by atomic mass is 9.59. The van der Waals surface area contributed by atoms with Crippen molar-refractivity contribution in [2.24, 2.45) is 5.92 Å². The Labute approximate surface area is 103 Å². The van der Waals surface area contributed by atoms with E-state index in [9.17, 15) is 5.11 Å². The first-order valence-electron chi connectivity index (χ1n) is 6.55. The van der Waals surface area contributed by atoms with Crippen molar-refractivity contribution in [1.29, 1.82) is 0 Å². The van der Waals surface area contributed by atoms with Gasteiger partial charge >= 0.3 is 0 Å². The highest BCUT2D eigenvalue weighted by Crippen LogP contribution is 2.48. The summed E-state index contributed by atoms with van der Waals surface area (Å²) in [5, 5.41) is 9.73. The SMILES string of the molecule is CC1[C@@H]2Cc3ccc(O)cc3[C@]1(C)CCN2C. The Kier molecular flexibility index (Phi) is 2.27. The Balaban J connectivity index is 2.16. The normalized spacial score (nSPS) is 36.6. The molecule has 2 bridgehead atoms. The predicted molar refractivity (Wildman–Crippen MR) is 69.4 cm³/mol. The van der Waals surface area contributed by atoms with Crippen molar-refractivity contribution in [3.05, 3.63) is 29.3 Å². The van der Waals surface area contributed by atoms with Gasteiger partial charge in [0.2, 0.25) is 0 Å². The quantitative estimate of drug-likeness (QED) is 0.741. The minimum Gasteiger partial charge on any atom is -0.508 e. The maximum absolute atomic E-state index is 9.73. The zero-order chi connectivity index (χ0) is 12.2. The molecule has 1 aliphatic carbocycles. The molecule has 1 saturated heterocycles. The Morgan fingerprint density at radius 3 is 2.94 bits per heavy atom. The Morgan fingerprint density at radius 1 is 1.41 bits per heavy atom. The summed E-state index contributed by atoms with van der Waals surface area (Å²) < 4.78 is 0. The van der Waals surface area contributed by atoms with Crippen molar-refractivity contribution >= 4 is 0 Å². The number of phenols is 1. The van der Waals surface area contributed by atoms with Crippen LogP contribution in [0.2, 0.25) is 0 Å². The van der Waals surface area contributed by atoms with Crippen molar-refractivity contribution in [1.82, 2.24) is 4.90 Å². The van der Waals surface area contributed by atoms with E-state index in [1.165, 1.54) is 24.1 Å². The van der Waals surface area contributed by atoms with Gasteiger partial charge in [0.1, 0.15) is 5.75 Å². The van der Waals surface area contributed by atoms with E-state index in [0.717, 1.165) is 6.42 Å². The minimum atomic E-state index is 0.240. The lowest BCUT2D eigenvalue weighted by molar-refractivity contribution is 0.0506. The molecule has 0 aromatic heterocycles. The van der Waals surface area contributed by atoms with E-state index in [2.05, 4.69) is 31.9 Å². The maximum atomic E-state index is 9.73. The predicted octanol–water partition coefficient (Wildman–Crippen LogP) is 2.55. The first kappa shape index (κ1) is 11.1. The van der Waals surface area contributed by atoms with Gasteiger partial charge in [-0.2, -0.15) is 0 Å². The average Bonchev–Trinajstić information content (AvgIpc) is 2.30. The highest BCUT2D eigenvalue weighted by Gasteiger charge is 2.47. The van der Waals surface area contributed by atoms with Crippen LogP contribution in [0, 0.1) is 5.92 Å². The van der Waals surface area contributed by atoms with Crippen molar-refractivity contribution in [3.63, 3.8) is 0 Å². The lowest BCUT2D eigenvalue weighted by Gasteiger charge is -2.53. The van der Waals surface area contributed by atoms with E-state index in [1.807, 2.05) is 12.1 Å². The van der Waals surface area contributed by atoms with Crippen LogP contribution in [-0.4, -0.2) is 29.6 Å². The second kappa shape index (κ2) is 3.49. The summed E-state index contributed by atoms with van der Waals surface area (Å²) in [7, 11) is 2.24. The molecule has 1 aliphatic heterocycles. The molecule has 1 heterocycles. The van der Waals surface area contributed by atoms with Crippen molar-refractivity contribution in [3.8, 4) is 5.75 Å². The number of rotatable bonds is 0. The second-order valence-corrected chi connectivity index (χ2v) is 6.05. The molecule has 2 nitrogen and oxygen atoms in total. The Morgan fingerprint density at radius 2 is 2.18 bits per heavy atom. The summed E-state index contributed by atoms with van der Waals surface area (Å²) in [6.45, 7) is 5.91. The monoisotopic (exact) mass is 231 g/mol. The second-order valence-electron chi connectivity index (χ2n) is 6.05. The molecule has 0 amide bonds. The van der Waals surface area contributed by atoms with Gasteiger partial charge in [-0.25, -0.2) is 0 Å². The highest BCUT2D eigenvalue weighted by molar-refractivity contribution is 5.44. The van der Waals surface area contributed by atoms with E-state index in [4.69, 9.17) is 0 Å². The van der Waals surface area contributed by atoms with Crippen molar-refractivity contribution in [2.45, 2.75) is 38.1 Å². The van der Waals surface area contributed by atoms with Crippen molar-refractivity contribution in [2.75, 3.05) is 13.6 Å². The molecule has 1 N–H and O–H groups in total. The molecular formula is C15H21NO. The topological polar surface area (TPSA) is 23.5 Å². The lowest BCUT2D eigenvalue weighted by Crippen LogP contribution is -2.56. The Hall–Kier alpha value is -1.02. The fourth-order valence-electron chi connectivity index (χ4n) is 3.82. The fraction of sp³-hybridized carbons (Fsp3) is 0.600. The zero-order valence-corrected chi connectivity index (χ0v) is 10.9. The van der Waals surface area contributed by atoms with Crippen LogP contribution in [0.15, 0.2) is 18.2 Å². The molecule has 3 atom stereocenters. The van der Waals surface area contributed by atoms with Crippen LogP contribution in [0.1, 0.15) is 31.4 Å². The molecule has 1 aromatic rings. The highest BCUT2D eigenvalue weighted by atomic mass is 16.3. The van der Waals surface area contributed by atoms with E-state index in [0.29, 0.717) is 17.7 Å². The van der Waals surface area contributed by atoms with Crippen molar-refractivity contribution < 1.29 is 5.11 Å². The molecule has 1 fully saturated rings. The van der Waals surface area contributed by atoms with Gasteiger partial charge in [-0.05, 0) is 61.0 Å². The number of likely N-dealkylation sites (N-methyl/N-ethyl adjacent to an activating group) is 1. The zero-order valence-electron chi connectivity index (χ0n) is 10.9. The molecule has 1 unspecified atom stereocenters. The third kappa shape index (κ3) is 1.43. The van der Waals surface area contributed by atoms with E-state index < -0.39 is 0 Å². The molecule has 17 heavy (non-hydrogen) atoms. The molecule has 92 valence electrons. The number of hydrogen-bond acceptors (Lipinski definition) is 2. The van der Waals surface area contributed by atoms with Gasteiger partial charge in [-0.3, -0.25) is 0 Å². The van der Waals surface area contributed by atoms with Crippen LogP contribution in [0.3, 0.4) is 0 Å². The molecule has 3 rings (SSSR count). The Bertz CT molecular complexity index is 456. The third-order valence-corrected chi connectivity index (χ3v) is 5.27. The first-order valence-corrected chi connectivity index (χ1v) is 6.55. The first-order chi connectivity index (χ1) is 8.02. The fourth-order valence-corrected chi connectivity index (χ4v) is 3.82. The van der Waals surface area contributed by atoms with Crippen LogP contribution in [-0.2, 0) is 11.8 Å². The standard InChI is InChI=1S/C15H21NO/c1-10-14-8-11-4-5-12(17)9-13(11)15(10,2)6-7-16(14)3/h4-5,9-10,14,17H,6-8H2,1-3H3/t10?,14-,15+/m0/s1. The molecule has 1 aromatic carbocycles. The molecule has 0 radical (unpaired) electrons. The number of piperidine rings is 1. The van der Waals surface area contributed by atoms with Gasteiger partial charge in [0.05, 0.1) is 0 Å². The van der Waals surface area contributed by atoms with E-state index in [1.54, 1.807) is 0 Å². The summed E-state index contributed by atoms with van der Waals surface area (Å²) in [5.74, 6) is 1.07. The number of benzene rings is 1. The summed E-state index contributed by atoms with van der Waals surface area (Å²) in [5.41, 5.74) is 3.05. The summed E-state index contributed by atoms with van der Waals surface area (Å²) in [4.78, 5) is 2.50. The molecule has 2 aliphatic rings. The number of phenolic OH excluding ortho intramolecular Hbond substituents is 1. The number of nitrogens with zero attached hydrogens (tertiary/aromatic N) is 1. The summed E-state index contributed by atoms with van der Waals surface area (Å²) in [6, 6.07) is 6.59. The van der Waals surface area contributed by atoms with Gasteiger partial charge in [0, 0.05) is 6.04 Å². The molecule has 2 heteroatoms. The van der Waals surface area contributed by atoms with Gasteiger partial charge in [0.15, 0.2) is 0 Å². The van der Waals surface area contributed by atoms with Crippen LogP contribution >= 0.6 is 0 Å². The number of fused-ring (bicyclic) bond motifs is 4. The van der Waals surface area contributed by atoms with Crippen LogP contribution in [0.4, 0.5) is 0 Å². The smallest absolute Gasteiger partial charge is 0.115 e. The van der Waals surface area contributed by atoms with Gasteiger partial charge in [0.25, 0.3) is 0 Å². The van der Waals surface area contributed by atoms with Gasteiger partial charge in [-0.1, -0.05) is 19.9 Å². The number of aromatic hydroxyl groups is 1. The third-order valence-electron chi connectivity index (χ3n) is 5.27. The van der Waals surface area contributed by atoms with Crippen LogP contribution in [0.25, 0.3) is 0 Å². The van der Waals surface area contributed by atoms with E-state index >= 15 is 0 Å². The maximum Gasteiger partial charge on any atom is 0.115 e. The summed E-state index contributed by atoms with van der Waals surface area (Å²) in [6.07, 6.45) is 2.32. The number of hydrogen-bond donors (Lipinski definition) is 1. The summed E-state index contributed by atoms with van der Waals surface area (Å²) >= 11 is 0.